The van der Waals surface area contributed by atoms with Gasteiger partial charge in [-0.1, -0.05) is 44.2 Å². The highest BCUT2D eigenvalue weighted by atomic mass is 19.3. The first-order valence-corrected chi connectivity index (χ1v) is 13.4. The van der Waals surface area contributed by atoms with Crippen LogP contribution >= 0.6 is 0 Å². The molecule has 41 heavy (non-hydrogen) atoms. The molecule has 1 fully saturated rings. The Labute approximate surface area is 238 Å². The summed E-state index contributed by atoms with van der Waals surface area (Å²) in [5, 5.41) is 15.5. The number of hydrogen-bond donors (Lipinski definition) is 3. The summed E-state index contributed by atoms with van der Waals surface area (Å²) in [6, 6.07) is 9.02. The molecule has 0 bridgehead atoms. The van der Waals surface area contributed by atoms with Gasteiger partial charge < -0.3 is 25.4 Å². The van der Waals surface area contributed by atoms with E-state index in [9.17, 15) is 24.3 Å². The van der Waals surface area contributed by atoms with E-state index in [1.165, 1.54) is 19.9 Å². The molecule has 222 valence electrons. The van der Waals surface area contributed by atoms with Gasteiger partial charge >= 0.3 is 5.97 Å². The van der Waals surface area contributed by atoms with Gasteiger partial charge in [0.25, 0.3) is 17.7 Å². The minimum atomic E-state index is -3.44. The van der Waals surface area contributed by atoms with Gasteiger partial charge in [0.1, 0.15) is 11.8 Å². The molecule has 1 aliphatic rings. The van der Waals surface area contributed by atoms with Gasteiger partial charge in [0.15, 0.2) is 0 Å². The van der Waals surface area contributed by atoms with Crippen molar-refractivity contribution < 1.29 is 37.8 Å². The number of aryl methyl sites for hydroxylation is 1. The molecule has 1 saturated heterocycles. The third-order valence-electron chi connectivity index (χ3n) is 7.48. The maximum atomic E-state index is 15.2. The third kappa shape index (κ3) is 6.66. The predicted octanol–water partition coefficient (Wildman–Crippen LogP) is 3.29. The zero-order valence-electron chi connectivity index (χ0n) is 24.1. The maximum absolute atomic E-state index is 15.2. The Balaban J connectivity index is 2.09. The standard InChI is InChI=1S/C30H37F2N3O6/c1-7-33-27(39)25-29(5,6)30(31,32)16-35(25)28(40)24(41-19(4)36)22(15-20-11-9-8-10-12-20)34-26(38)21-13-17(2)14-23(37)18(21)3/h8-14,22,24-25,37H,7,15-16H2,1-6H3,(H,33,39)(H,34,38)/t22-,24-,25?/m0/s1. The number of alkyl halides is 2. The first-order chi connectivity index (χ1) is 19.1. The molecule has 3 amide bonds. The summed E-state index contributed by atoms with van der Waals surface area (Å²) >= 11 is 0. The lowest BCUT2D eigenvalue weighted by molar-refractivity contribution is -0.162. The van der Waals surface area contributed by atoms with Crippen molar-refractivity contribution >= 4 is 23.7 Å². The van der Waals surface area contributed by atoms with Gasteiger partial charge in [0.05, 0.1) is 18.0 Å². The number of likely N-dealkylation sites (tertiary alicyclic amines) is 1. The minimum absolute atomic E-state index is 0.00738. The second-order valence-corrected chi connectivity index (χ2v) is 10.9. The molecule has 3 atom stereocenters. The lowest BCUT2D eigenvalue weighted by atomic mass is 9.81. The van der Waals surface area contributed by atoms with Gasteiger partial charge in [-0.2, -0.15) is 0 Å². The van der Waals surface area contributed by atoms with Crippen molar-refractivity contribution in [3.8, 4) is 5.75 Å². The van der Waals surface area contributed by atoms with Gasteiger partial charge in [-0.3, -0.25) is 19.2 Å². The molecule has 0 saturated carbocycles. The number of halogens is 2. The molecule has 9 nitrogen and oxygen atoms in total. The van der Waals surface area contributed by atoms with Crippen LogP contribution in [0.3, 0.4) is 0 Å². The average Bonchev–Trinajstić information content (AvgIpc) is 3.08. The van der Waals surface area contributed by atoms with Crippen LogP contribution < -0.4 is 10.6 Å². The number of rotatable bonds is 9. The van der Waals surface area contributed by atoms with E-state index in [0.29, 0.717) is 16.7 Å². The number of nitrogens with zero attached hydrogens (tertiary/aromatic N) is 1. The molecule has 1 heterocycles. The number of carbonyl (C=O) groups excluding carboxylic acids is 4. The number of benzene rings is 2. The number of hydrogen-bond acceptors (Lipinski definition) is 6. The highest BCUT2D eigenvalue weighted by Crippen LogP contribution is 2.48. The summed E-state index contributed by atoms with van der Waals surface area (Å²) < 4.78 is 35.9. The molecule has 3 rings (SSSR count). The van der Waals surface area contributed by atoms with Crippen molar-refractivity contribution in [1.82, 2.24) is 15.5 Å². The topological polar surface area (TPSA) is 125 Å². The van der Waals surface area contributed by atoms with Crippen molar-refractivity contribution in [3.63, 3.8) is 0 Å². The lowest BCUT2D eigenvalue weighted by Gasteiger charge is -2.35. The number of nitrogens with one attached hydrogen (secondary N) is 2. The second-order valence-electron chi connectivity index (χ2n) is 10.9. The third-order valence-corrected chi connectivity index (χ3v) is 7.48. The molecule has 0 aromatic heterocycles. The van der Waals surface area contributed by atoms with E-state index in [4.69, 9.17) is 4.74 Å². The number of esters is 1. The van der Waals surface area contributed by atoms with Gasteiger partial charge in [0, 0.05) is 24.6 Å². The fourth-order valence-electron chi connectivity index (χ4n) is 5.11. The van der Waals surface area contributed by atoms with E-state index in [2.05, 4.69) is 10.6 Å². The molecule has 1 aliphatic heterocycles. The molecular weight excluding hydrogens is 536 g/mol. The van der Waals surface area contributed by atoms with Crippen LogP contribution in [0.25, 0.3) is 0 Å². The Kier molecular flexibility index (Phi) is 9.40. The monoisotopic (exact) mass is 573 g/mol. The molecular formula is C30H37F2N3O6. The fourth-order valence-corrected chi connectivity index (χ4v) is 5.11. The summed E-state index contributed by atoms with van der Waals surface area (Å²) in [4.78, 5) is 53.5. The molecule has 0 aliphatic carbocycles. The number of amides is 3. The highest BCUT2D eigenvalue weighted by Gasteiger charge is 2.65. The Morgan fingerprint density at radius 1 is 1.12 bits per heavy atom. The van der Waals surface area contributed by atoms with Crippen LogP contribution in [0.1, 0.15) is 54.7 Å². The number of likely N-dealkylation sites (N-methyl/N-ethyl adjacent to an activating group) is 1. The van der Waals surface area contributed by atoms with Gasteiger partial charge in [-0.05, 0) is 50.5 Å². The van der Waals surface area contributed by atoms with E-state index in [-0.39, 0.29) is 24.3 Å². The van der Waals surface area contributed by atoms with Crippen molar-refractivity contribution in [1.29, 1.82) is 0 Å². The summed E-state index contributed by atoms with van der Waals surface area (Å²) in [6.07, 6.45) is -1.75. The Morgan fingerprint density at radius 3 is 2.34 bits per heavy atom. The van der Waals surface area contributed by atoms with Crippen LogP contribution in [0, 0.1) is 19.3 Å². The van der Waals surface area contributed by atoms with Gasteiger partial charge in [0.2, 0.25) is 12.0 Å². The zero-order chi connectivity index (χ0) is 30.7. The molecule has 11 heteroatoms. The van der Waals surface area contributed by atoms with E-state index in [0.717, 1.165) is 11.8 Å². The lowest BCUT2D eigenvalue weighted by Crippen LogP contribution is -2.58. The van der Waals surface area contributed by atoms with Crippen LogP contribution in [0.2, 0.25) is 0 Å². The van der Waals surface area contributed by atoms with E-state index in [1.807, 2.05) is 0 Å². The average molecular weight is 574 g/mol. The SMILES string of the molecule is CCNC(=O)C1N(C(=O)[C@@H](OC(C)=O)[C@H](Cc2ccccc2)NC(=O)c2cc(C)cc(O)c2C)CC(F)(F)C1(C)C. The Hall–Kier alpha value is -4.02. The number of phenolic OH excluding ortho intramolecular Hbond substituents is 1. The summed E-state index contributed by atoms with van der Waals surface area (Å²) in [5.74, 6) is -6.88. The second kappa shape index (κ2) is 12.2. The molecule has 2 aromatic carbocycles. The zero-order valence-corrected chi connectivity index (χ0v) is 24.1. The Morgan fingerprint density at radius 2 is 1.76 bits per heavy atom. The van der Waals surface area contributed by atoms with Gasteiger partial charge in [-0.25, -0.2) is 8.78 Å². The normalized spacial score (nSPS) is 18.7. The molecule has 0 spiro atoms. The maximum Gasteiger partial charge on any atom is 0.303 e. The van der Waals surface area contributed by atoms with Gasteiger partial charge in [-0.15, -0.1) is 0 Å². The number of phenols is 1. The molecule has 1 unspecified atom stereocenters. The van der Waals surface area contributed by atoms with Crippen LogP contribution in [-0.4, -0.2) is 70.9 Å². The van der Waals surface area contributed by atoms with Crippen molar-refractivity contribution in [2.45, 2.75) is 72.1 Å². The smallest absolute Gasteiger partial charge is 0.303 e. The van der Waals surface area contributed by atoms with E-state index < -0.39 is 59.8 Å². The first-order valence-electron chi connectivity index (χ1n) is 13.4. The summed E-state index contributed by atoms with van der Waals surface area (Å²) in [6.45, 7) is 7.43. The summed E-state index contributed by atoms with van der Waals surface area (Å²) in [5.41, 5.74) is -0.240. The predicted molar refractivity (Wildman–Crippen MR) is 147 cm³/mol. The molecule has 2 aromatic rings. The van der Waals surface area contributed by atoms with Crippen LogP contribution in [-0.2, 0) is 25.5 Å². The van der Waals surface area contributed by atoms with E-state index in [1.54, 1.807) is 57.2 Å². The van der Waals surface area contributed by atoms with Crippen LogP contribution in [0.15, 0.2) is 42.5 Å². The largest absolute Gasteiger partial charge is 0.508 e. The van der Waals surface area contributed by atoms with E-state index >= 15 is 8.78 Å². The van der Waals surface area contributed by atoms with Crippen molar-refractivity contribution in [2.75, 3.05) is 13.1 Å². The molecule has 0 radical (unpaired) electrons. The van der Waals surface area contributed by atoms with Crippen molar-refractivity contribution in [3.05, 3.63) is 64.7 Å². The fraction of sp³-hybridized carbons (Fsp3) is 0.467. The quantitative estimate of drug-likeness (QED) is 0.396. The number of aromatic hydroxyl groups is 1. The van der Waals surface area contributed by atoms with Crippen LogP contribution in [0.4, 0.5) is 8.78 Å². The Bertz CT molecular complexity index is 1310. The van der Waals surface area contributed by atoms with Crippen LogP contribution in [0.5, 0.6) is 5.75 Å². The minimum Gasteiger partial charge on any atom is -0.508 e. The molecule has 3 N–H and O–H groups in total. The van der Waals surface area contributed by atoms with Crippen molar-refractivity contribution in [2.24, 2.45) is 5.41 Å². The first kappa shape index (κ1) is 31.5. The summed E-state index contributed by atoms with van der Waals surface area (Å²) in [7, 11) is 0. The number of ether oxygens (including phenoxy) is 1. The highest BCUT2D eigenvalue weighted by molar-refractivity contribution is 5.98. The number of carbonyl (C=O) groups is 4.